The number of aromatic nitrogens is 4. The Balaban J connectivity index is 1.87. The van der Waals surface area contributed by atoms with Crippen molar-refractivity contribution in [1.82, 2.24) is 19.6 Å². The molecule has 1 N–H and O–H groups in total. The third-order valence-electron chi connectivity index (χ3n) is 4.39. The number of halogens is 3. The van der Waals surface area contributed by atoms with Crippen LogP contribution in [-0.4, -0.2) is 25.5 Å². The van der Waals surface area contributed by atoms with Crippen LogP contribution in [0, 0.1) is 12.7 Å². The molecule has 3 rings (SSSR count). The zero-order chi connectivity index (χ0) is 21.3. The molecule has 0 aliphatic heterocycles. The molecule has 29 heavy (non-hydrogen) atoms. The SMILES string of the molecule is C=CCC(F)(F)c1cc(-c2ccc(NC(=O)c3cc(C)nn3C)cc2F)n(C)n1. The fourth-order valence-electron chi connectivity index (χ4n) is 3.00. The van der Waals surface area contributed by atoms with E-state index in [1.165, 1.54) is 28.5 Å². The number of hydrogen-bond donors (Lipinski definition) is 1. The maximum Gasteiger partial charge on any atom is 0.294 e. The average molecular weight is 403 g/mol. The minimum atomic E-state index is -3.19. The van der Waals surface area contributed by atoms with Crippen molar-refractivity contribution >= 4 is 11.6 Å². The van der Waals surface area contributed by atoms with Crippen molar-refractivity contribution in [3.63, 3.8) is 0 Å². The quantitative estimate of drug-likeness (QED) is 0.628. The normalized spacial score (nSPS) is 11.5. The first-order valence-corrected chi connectivity index (χ1v) is 8.77. The Morgan fingerprint density at radius 3 is 2.52 bits per heavy atom. The highest BCUT2D eigenvalue weighted by Crippen LogP contribution is 2.34. The number of anilines is 1. The van der Waals surface area contributed by atoms with Crippen molar-refractivity contribution in [2.45, 2.75) is 19.3 Å². The van der Waals surface area contributed by atoms with Gasteiger partial charge in [-0.2, -0.15) is 19.0 Å². The van der Waals surface area contributed by atoms with Gasteiger partial charge in [0, 0.05) is 31.8 Å². The van der Waals surface area contributed by atoms with E-state index in [0.717, 1.165) is 18.2 Å². The van der Waals surface area contributed by atoms with Crippen LogP contribution in [0.5, 0.6) is 0 Å². The lowest BCUT2D eigenvalue weighted by Gasteiger charge is -2.10. The number of benzene rings is 1. The first-order chi connectivity index (χ1) is 13.6. The first-order valence-electron chi connectivity index (χ1n) is 8.77. The Labute approximate surface area is 165 Å². The summed E-state index contributed by atoms with van der Waals surface area (Å²) in [6, 6.07) is 6.80. The number of amides is 1. The summed E-state index contributed by atoms with van der Waals surface area (Å²) in [4.78, 5) is 12.3. The van der Waals surface area contributed by atoms with Gasteiger partial charge in [0.05, 0.1) is 11.4 Å². The van der Waals surface area contributed by atoms with Gasteiger partial charge in [-0.25, -0.2) is 4.39 Å². The summed E-state index contributed by atoms with van der Waals surface area (Å²) in [7, 11) is 3.09. The number of allylic oxidation sites excluding steroid dienone is 1. The number of alkyl halides is 2. The highest BCUT2D eigenvalue weighted by Gasteiger charge is 2.34. The second kappa shape index (κ2) is 7.57. The summed E-state index contributed by atoms with van der Waals surface area (Å²) < 4.78 is 45.5. The molecule has 0 aliphatic carbocycles. The lowest BCUT2D eigenvalue weighted by atomic mass is 10.1. The highest BCUT2D eigenvalue weighted by molar-refractivity contribution is 6.03. The van der Waals surface area contributed by atoms with E-state index in [2.05, 4.69) is 22.1 Å². The number of nitrogens with one attached hydrogen (secondary N) is 1. The van der Waals surface area contributed by atoms with Crippen molar-refractivity contribution < 1.29 is 18.0 Å². The molecule has 0 bridgehead atoms. The Bertz CT molecular complexity index is 1080. The Kier molecular flexibility index (Phi) is 5.32. The number of rotatable bonds is 6. The van der Waals surface area contributed by atoms with Gasteiger partial charge in [-0.3, -0.25) is 14.2 Å². The van der Waals surface area contributed by atoms with Gasteiger partial charge in [0.2, 0.25) is 0 Å². The lowest BCUT2D eigenvalue weighted by Crippen LogP contribution is -2.16. The Hall–Kier alpha value is -3.36. The minimum absolute atomic E-state index is 0.0926. The summed E-state index contributed by atoms with van der Waals surface area (Å²) in [5, 5.41) is 10.5. The van der Waals surface area contributed by atoms with E-state index >= 15 is 0 Å². The molecule has 0 unspecified atom stereocenters. The molecule has 152 valence electrons. The van der Waals surface area contributed by atoms with Crippen LogP contribution in [0.4, 0.5) is 18.9 Å². The van der Waals surface area contributed by atoms with E-state index in [-0.39, 0.29) is 16.9 Å². The average Bonchev–Trinajstić information content (AvgIpc) is 3.17. The summed E-state index contributed by atoms with van der Waals surface area (Å²) >= 11 is 0. The molecular weight excluding hydrogens is 383 g/mol. The zero-order valence-corrected chi connectivity index (χ0v) is 16.2. The first kappa shape index (κ1) is 20.4. The number of aryl methyl sites for hydroxylation is 3. The van der Waals surface area contributed by atoms with Gasteiger partial charge in [0.25, 0.3) is 11.8 Å². The summed E-state index contributed by atoms with van der Waals surface area (Å²) in [6.45, 7) is 5.08. The number of carbonyl (C=O) groups is 1. The van der Waals surface area contributed by atoms with Crippen LogP contribution in [0.2, 0.25) is 0 Å². The van der Waals surface area contributed by atoms with Gasteiger partial charge >= 0.3 is 0 Å². The molecule has 2 aromatic heterocycles. The van der Waals surface area contributed by atoms with Crippen molar-refractivity contribution in [2.75, 3.05) is 5.32 Å². The molecule has 0 saturated carbocycles. The lowest BCUT2D eigenvalue weighted by molar-refractivity contribution is -0.00592. The number of hydrogen-bond acceptors (Lipinski definition) is 3. The Morgan fingerprint density at radius 2 is 1.93 bits per heavy atom. The van der Waals surface area contributed by atoms with E-state index in [1.807, 2.05) is 0 Å². The van der Waals surface area contributed by atoms with Crippen LogP contribution in [-0.2, 0) is 20.0 Å². The largest absolute Gasteiger partial charge is 0.321 e. The number of carbonyl (C=O) groups excluding carboxylic acids is 1. The molecule has 3 aromatic rings. The second-order valence-electron chi connectivity index (χ2n) is 6.68. The van der Waals surface area contributed by atoms with Crippen LogP contribution < -0.4 is 5.32 Å². The van der Waals surface area contributed by atoms with E-state index in [1.54, 1.807) is 20.0 Å². The fourth-order valence-corrected chi connectivity index (χ4v) is 3.00. The third-order valence-corrected chi connectivity index (χ3v) is 4.39. The van der Waals surface area contributed by atoms with Crippen LogP contribution in [0.15, 0.2) is 43.0 Å². The summed E-state index contributed by atoms with van der Waals surface area (Å²) in [5.41, 5.74) is 1.07. The minimum Gasteiger partial charge on any atom is -0.321 e. The molecule has 0 spiro atoms. The van der Waals surface area contributed by atoms with Crippen LogP contribution in [0.3, 0.4) is 0 Å². The predicted molar refractivity (Wildman–Crippen MR) is 103 cm³/mol. The summed E-state index contributed by atoms with van der Waals surface area (Å²) in [5.74, 6) is -4.30. The van der Waals surface area contributed by atoms with Crippen molar-refractivity contribution in [2.24, 2.45) is 14.1 Å². The van der Waals surface area contributed by atoms with Gasteiger partial charge in [-0.1, -0.05) is 6.08 Å². The maximum absolute atomic E-state index is 14.7. The fraction of sp³-hybridized carbons (Fsp3) is 0.250. The molecule has 0 fully saturated rings. The van der Waals surface area contributed by atoms with Crippen LogP contribution in [0.25, 0.3) is 11.3 Å². The van der Waals surface area contributed by atoms with Gasteiger partial charge < -0.3 is 5.32 Å². The monoisotopic (exact) mass is 403 g/mol. The van der Waals surface area contributed by atoms with Gasteiger partial charge in [0.1, 0.15) is 17.2 Å². The zero-order valence-electron chi connectivity index (χ0n) is 16.2. The molecule has 0 aliphatic rings. The molecular formula is C20H20F3N5O. The van der Waals surface area contributed by atoms with Crippen LogP contribution >= 0.6 is 0 Å². The maximum atomic E-state index is 14.7. The van der Waals surface area contributed by atoms with Crippen LogP contribution in [0.1, 0.15) is 28.3 Å². The van der Waals surface area contributed by atoms with Crippen molar-refractivity contribution in [1.29, 1.82) is 0 Å². The highest BCUT2D eigenvalue weighted by atomic mass is 19.3. The van der Waals surface area contributed by atoms with E-state index in [0.29, 0.717) is 11.4 Å². The summed E-state index contributed by atoms with van der Waals surface area (Å²) in [6.07, 6.45) is 0.542. The Morgan fingerprint density at radius 1 is 1.21 bits per heavy atom. The second-order valence-corrected chi connectivity index (χ2v) is 6.68. The van der Waals surface area contributed by atoms with E-state index in [4.69, 9.17) is 0 Å². The molecule has 2 heterocycles. The topological polar surface area (TPSA) is 64.7 Å². The standard InChI is InChI=1S/C20H20F3N5O/c1-5-8-20(22,23)18-11-16(27(3)26-18)14-7-6-13(10-15(14)21)24-19(29)17-9-12(2)25-28(17)4/h5-7,9-11H,1,8H2,2-4H3,(H,24,29). The van der Waals surface area contributed by atoms with E-state index in [9.17, 15) is 18.0 Å². The third kappa shape index (κ3) is 4.08. The smallest absolute Gasteiger partial charge is 0.294 e. The van der Waals surface area contributed by atoms with E-state index < -0.39 is 29.8 Å². The molecule has 9 heteroatoms. The van der Waals surface area contributed by atoms with Gasteiger partial charge in [0.15, 0.2) is 0 Å². The molecule has 1 amide bonds. The van der Waals surface area contributed by atoms with Gasteiger partial charge in [-0.15, -0.1) is 6.58 Å². The molecule has 0 atom stereocenters. The van der Waals surface area contributed by atoms with Crippen molar-refractivity contribution in [3.8, 4) is 11.3 Å². The molecule has 0 radical (unpaired) electrons. The molecule has 6 nitrogen and oxygen atoms in total. The predicted octanol–water partition coefficient (Wildman–Crippen LogP) is 4.19. The van der Waals surface area contributed by atoms with Gasteiger partial charge in [-0.05, 0) is 37.3 Å². The molecule has 0 saturated heterocycles. The van der Waals surface area contributed by atoms with Crippen molar-refractivity contribution in [3.05, 3.63) is 65.9 Å². The molecule has 1 aromatic carbocycles. The number of nitrogens with zero attached hydrogens (tertiary/aromatic N) is 4.